The van der Waals surface area contributed by atoms with Crippen LogP contribution in [0, 0.1) is 0 Å². The van der Waals surface area contributed by atoms with Crippen LogP contribution in [0.25, 0.3) is 0 Å². The molecule has 0 aliphatic rings. The molecule has 1 unspecified atom stereocenters. The molecular weight excluding hydrogens is 540 g/mol. The Morgan fingerprint density at radius 1 is 0.667 bits per heavy atom. The molecule has 1 N–H and O–H groups in total. The van der Waals surface area contributed by atoms with Crippen LogP contribution in [0.1, 0.15) is 138 Å². The van der Waals surface area contributed by atoms with Crippen molar-refractivity contribution in [3.05, 3.63) is 35.4 Å². The number of rotatable bonds is 23. The Morgan fingerprint density at radius 3 is 1.55 bits per heavy atom. The third-order valence-corrected chi connectivity index (χ3v) is 6.73. The lowest BCUT2D eigenvalue weighted by Crippen LogP contribution is -2.17. The lowest BCUT2D eigenvalue weighted by Gasteiger charge is -2.16. The number of hydrogen-bond acceptors (Lipinski definition) is 9. The van der Waals surface area contributed by atoms with Crippen molar-refractivity contribution in [1.82, 2.24) is 0 Å². The molecule has 0 spiro atoms. The van der Waals surface area contributed by atoms with Gasteiger partial charge in [0, 0.05) is 12.8 Å². The van der Waals surface area contributed by atoms with E-state index in [0.717, 1.165) is 57.8 Å². The zero-order chi connectivity index (χ0) is 31.2. The van der Waals surface area contributed by atoms with Gasteiger partial charge < -0.3 is 24.1 Å². The third-order valence-electron chi connectivity index (χ3n) is 6.73. The van der Waals surface area contributed by atoms with E-state index in [4.69, 9.17) is 18.9 Å². The Morgan fingerprint density at radius 2 is 1.10 bits per heavy atom. The minimum absolute atomic E-state index is 0.0748. The number of unbranched alkanes of at least 4 members (excludes halogenated alkanes) is 7. The summed E-state index contributed by atoms with van der Waals surface area (Å²) in [6, 6.07) is 6.24. The normalized spacial score (nSPS) is 11.9. The van der Waals surface area contributed by atoms with E-state index in [9.17, 15) is 24.3 Å². The molecule has 0 aliphatic heterocycles. The maximum absolute atomic E-state index is 12.3. The van der Waals surface area contributed by atoms with E-state index in [2.05, 4.69) is 0 Å². The molecule has 1 aromatic rings. The number of benzene rings is 1. The quantitative estimate of drug-likeness (QED) is 0.0836. The first-order chi connectivity index (χ1) is 20.0. The summed E-state index contributed by atoms with van der Waals surface area (Å²) in [4.78, 5) is 47.9. The maximum atomic E-state index is 12.3. The number of ether oxygens (including phenoxy) is 4. The van der Waals surface area contributed by atoms with Crippen molar-refractivity contribution in [2.45, 2.75) is 129 Å². The van der Waals surface area contributed by atoms with Crippen molar-refractivity contribution in [2.75, 3.05) is 19.8 Å². The maximum Gasteiger partial charge on any atom is 0.338 e. The fourth-order valence-electron chi connectivity index (χ4n) is 3.97. The van der Waals surface area contributed by atoms with E-state index >= 15 is 0 Å². The number of aliphatic hydroxyl groups is 1. The monoisotopic (exact) mass is 592 g/mol. The second-order valence-electron chi connectivity index (χ2n) is 11.4. The SMILES string of the molecule is CCC(C)OC(=O)CCCCC(=O)OCCCCCCOC(=O)c1ccc(C(=O)OCCCCCCC(C)(C)O)cc1. The van der Waals surface area contributed by atoms with Crippen LogP contribution in [0.15, 0.2) is 24.3 Å². The number of esters is 4. The van der Waals surface area contributed by atoms with Gasteiger partial charge in [-0.05, 0) is 103 Å². The molecule has 1 rings (SSSR count). The fourth-order valence-corrected chi connectivity index (χ4v) is 3.97. The molecule has 9 heteroatoms. The minimum atomic E-state index is -0.639. The van der Waals surface area contributed by atoms with Crippen molar-refractivity contribution in [3.8, 4) is 0 Å². The molecule has 0 saturated heterocycles. The molecule has 0 heterocycles. The topological polar surface area (TPSA) is 125 Å². The number of carbonyl (C=O) groups is 4. The summed E-state index contributed by atoms with van der Waals surface area (Å²) >= 11 is 0. The zero-order valence-electron chi connectivity index (χ0n) is 26.1. The standard InChI is InChI=1S/C33H52O9/c1-5-26(2)42-30(35)17-11-10-16-29(34)39-23-13-8-9-15-25-41-32(37)28-20-18-27(19-21-28)31(36)40-24-14-7-6-12-22-33(3,4)38/h18-21,26,38H,5-17,22-25H2,1-4H3. The van der Waals surface area contributed by atoms with Crippen LogP contribution >= 0.6 is 0 Å². The van der Waals surface area contributed by atoms with Crippen LogP contribution in [0.3, 0.4) is 0 Å². The Bertz CT molecular complexity index is 918. The molecule has 0 bridgehead atoms. The Hall–Kier alpha value is -2.94. The van der Waals surface area contributed by atoms with Crippen molar-refractivity contribution in [2.24, 2.45) is 0 Å². The molecular formula is C33H52O9. The molecule has 0 amide bonds. The first-order valence-electron chi connectivity index (χ1n) is 15.5. The number of carbonyl (C=O) groups excluding carboxylic acids is 4. The average Bonchev–Trinajstić information content (AvgIpc) is 2.95. The highest BCUT2D eigenvalue weighted by Crippen LogP contribution is 2.14. The first kappa shape index (κ1) is 37.1. The summed E-state index contributed by atoms with van der Waals surface area (Å²) < 4.78 is 21.0. The van der Waals surface area contributed by atoms with Gasteiger partial charge in [0.1, 0.15) is 0 Å². The van der Waals surface area contributed by atoms with Crippen LogP contribution in [0.5, 0.6) is 0 Å². The lowest BCUT2D eigenvalue weighted by molar-refractivity contribution is -0.149. The van der Waals surface area contributed by atoms with Crippen molar-refractivity contribution in [1.29, 1.82) is 0 Å². The summed E-state index contributed by atoms with van der Waals surface area (Å²) in [6.07, 6.45) is 10.0. The summed E-state index contributed by atoms with van der Waals surface area (Å²) in [5.74, 6) is -1.34. The van der Waals surface area contributed by atoms with Gasteiger partial charge in [-0.15, -0.1) is 0 Å². The zero-order valence-corrected chi connectivity index (χ0v) is 26.1. The van der Waals surface area contributed by atoms with Gasteiger partial charge in [-0.3, -0.25) is 9.59 Å². The van der Waals surface area contributed by atoms with Gasteiger partial charge in [0.2, 0.25) is 0 Å². The van der Waals surface area contributed by atoms with Crippen molar-refractivity contribution in [3.63, 3.8) is 0 Å². The van der Waals surface area contributed by atoms with Crippen molar-refractivity contribution >= 4 is 23.9 Å². The Balaban J connectivity index is 2.06. The van der Waals surface area contributed by atoms with Crippen LogP contribution in [-0.4, -0.2) is 60.5 Å². The van der Waals surface area contributed by atoms with Gasteiger partial charge in [0.25, 0.3) is 0 Å². The van der Waals surface area contributed by atoms with Crippen molar-refractivity contribution < 1.29 is 43.2 Å². The van der Waals surface area contributed by atoms with E-state index < -0.39 is 17.5 Å². The Kier molecular flexibility index (Phi) is 19.2. The highest BCUT2D eigenvalue weighted by molar-refractivity contribution is 5.93. The fraction of sp³-hybridized carbons (Fsp3) is 0.697. The summed E-state index contributed by atoms with van der Waals surface area (Å²) in [5, 5.41) is 9.71. The number of hydrogen-bond donors (Lipinski definition) is 1. The highest BCUT2D eigenvalue weighted by Gasteiger charge is 2.13. The molecule has 1 atom stereocenters. The van der Waals surface area contributed by atoms with Crippen LogP contribution in [0.4, 0.5) is 0 Å². The van der Waals surface area contributed by atoms with Gasteiger partial charge in [0.05, 0.1) is 42.7 Å². The molecule has 42 heavy (non-hydrogen) atoms. The van der Waals surface area contributed by atoms with Crippen LogP contribution in [0.2, 0.25) is 0 Å². The predicted molar refractivity (Wildman–Crippen MR) is 160 cm³/mol. The molecule has 1 aromatic carbocycles. The highest BCUT2D eigenvalue weighted by atomic mass is 16.5. The molecule has 9 nitrogen and oxygen atoms in total. The third kappa shape index (κ3) is 19.2. The molecule has 0 radical (unpaired) electrons. The van der Waals surface area contributed by atoms with Gasteiger partial charge in [-0.25, -0.2) is 9.59 Å². The van der Waals surface area contributed by atoms with Gasteiger partial charge in [0.15, 0.2) is 0 Å². The molecule has 0 saturated carbocycles. The van der Waals surface area contributed by atoms with Gasteiger partial charge in [-0.2, -0.15) is 0 Å². The second-order valence-corrected chi connectivity index (χ2v) is 11.4. The van der Waals surface area contributed by atoms with E-state index in [1.54, 1.807) is 38.1 Å². The molecule has 0 aliphatic carbocycles. The summed E-state index contributed by atoms with van der Waals surface area (Å²) in [7, 11) is 0. The molecule has 0 fully saturated rings. The van der Waals surface area contributed by atoms with E-state index in [-0.39, 0.29) is 24.6 Å². The second kappa shape index (κ2) is 21.7. The summed E-state index contributed by atoms with van der Waals surface area (Å²) in [5.41, 5.74) is 0.119. The van der Waals surface area contributed by atoms with Crippen LogP contribution < -0.4 is 0 Å². The molecule has 238 valence electrons. The van der Waals surface area contributed by atoms with E-state index in [1.807, 2.05) is 13.8 Å². The first-order valence-corrected chi connectivity index (χ1v) is 15.5. The average molecular weight is 593 g/mol. The summed E-state index contributed by atoms with van der Waals surface area (Å²) in [6.45, 7) is 8.40. The van der Waals surface area contributed by atoms with E-state index in [1.165, 1.54) is 0 Å². The largest absolute Gasteiger partial charge is 0.466 e. The van der Waals surface area contributed by atoms with E-state index in [0.29, 0.717) is 56.4 Å². The molecule has 0 aromatic heterocycles. The minimum Gasteiger partial charge on any atom is -0.466 e. The van der Waals surface area contributed by atoms with Crippen LogP contribution in [-0.2, 0) is 28.5 Å². The Labute approximate surface area is 251 Å². The smallest absolute Gasteiger partial charge is 0.338 e. The van der Waals surface area contributed by atoms with Gasteiger partial charge >= 0.3 is 23.9 Å². The lowest BCUT2D eigenvalue weighted by atomic mass is 10.0. The van der Waals surface area contributed by atoms with Gasteiger partial charge in [-0.1, -0.05) is 26.2 Å². The predicted octanol–water partition coefficient (Wildman–Crippen LogP) is 6.73.